The van der Waals surface area contributed by atoms with Crippen LogP contribution >= 0.6 is 0 Å². The molecule has 1 saturated heterocycles. The zero-order valence-corrected chi connectivity index (χ0v) is 15.6. The van der Waals surface area contributed by atoms with Gasteiger partial charge in [-0.15, -0.1) is 0 Å². The summed E-state index contributed by atoms with van der Waals surface area (Å²) in [6.45, 7) is 3.02. The maximum Gasteiger partial charge on any atom is 0.326 e. The normalized spacial score (nSPS) is 21.8. The van der Waals surface area contributed by atoms with E-state index in [1.54, 1.807) is 6.07 Å². The van der Waals surface area contributed by atoms with Crippen molar-refractivity contribution in [3.05, 3.63) is 29.3 Å². The fourth-order valence-electron chi connectivity index (χ4n) is 3.72. The minimum absolute atomic E-state index is 0.291. The fraction of sp³-hybridized carbons (Fsp3) is 0.500. The number of fused-ring (bicyclic) bond motifs is 1. The number of imide groups is 1. The molecule has 0 bridgehead atoms. The number of anilines is 1. The van der Waals surface area contributed by atoms with Crippen molar-refractivity contribution in [2.75, 3.05) is 18.5 Å². The minimum atomic E-state index is -0.759. The van der Waals surface area contributed by atoms with Gasteiger partial charge in [0.05, 0.1) is 11.8 Å². The Hall–Kier alpha value is -2.70. The van der Waals surface area contributed by atoms with E-state index in [1.807, 2.05) is 26.0 Å². The quantitative estimate of drug-likeness (QED) is 0.630. The number of benzene rings is 1. The molecular formula is C20H24N2O5. The molecule has 1 heterocycles. The van der Waals surface area contributed by atoms with Gasteiger partial charge in [0.2, 0.25) is 11.8 Å². The molecule has 2 unspecified atom stereocenters. The second-order valence-corrected chi connectivity index (χ2v) is 7.27. The number of rotatable bonds is 5. The van der Waals surface area contributed by atoms with Crippen LogP contribution in [0.5, 0.6) is 0 Å². The zero-order chi connectivity index (χ0) is 19.6. The van der Waals surface area contributed by atoms with E-state index in [1.165, 1.54) is 0 Å². The second-order valence-electron chi connectivity index (χ2n) is 7.27. The van der Waals surface area contributed by atoms with Crippen LogP contribution in [0, 0.1) is 25.7 Å². The van der Waals surface area contributed by atoms with Crippen molar-refractivity contribution in [3.8, 4) is 0 Å². The summed E-state index contributed by atoms with van der Waals surface area (Å²) in [7, 11) is 0. The van der Waals surface area contributed by atoms with Crippen LogP contribution in [-0.4, -0.2) is 41.7 Å². The summed E-state index contributed by atoms with van der Waals surface area (Å²) in [5.41, 5.74) is 2.77. The first-order valence-corrected chi connectivity index (χ1v) is 9.25. The number of ether oxygens (including phenoxy) is 1. The molecule has 2 atom stereocenters. The summed E-state index contributed by atoms with van der Waals surface area (Å²) in [6.07, 6.45) is 3.24. The highest BCUT2D eigenvalue weighted by molar-refractivity contribution is 6.07. The Morgan fingerprint density at radius 1 is 1.07 bits per heavy atom. The number of esters is 1. The third kappa shape index (κ3) is 4.18. The third-order valence-electron chi connectivity index (χ3n) is 5.37. The zero-order valence-electron chi connectivity index (χ0n) is 15.6. The van der Waals surface area contributed by atoms with Crippen LogP contribution in [0.25, 0.3) is 0 Å². The molecule has 0 spiro atoms. The largest absolute Gasteiger partial charge is 0.454 e. The molecule has 144 valence electrons. The van der Waals surface area contributed by atoms with E-state index < -0.39 is 25.0 Å². The number of carbonyl (C=O) groups is 4. The molecule has 1 aliphatic carbocycles. The van der Waals surface area contributed by atoms with Gasteiger partial charge in [-0.3, -0.25) is 24.1 Å². The molecule has 27 heavy (non-hydrogen) atoms. The summed E-state index contributed by atoms with van der Waals surface area (Å²) < 4.78 is 4.94. The van der Waals surface area contributed by atoms with Crippen LogP contribution < -0.4 is 5.32 Å². The number of likely N-dealkylation sites (tertiary alicyclic amines) is 1. The minimum Gasteiger partial charge on any atom is -0.454 e. The van der Waals surface area contributed by atoms with Crippen molar-refractivity contribution in [1.82, 2.24) is 4.90 Å². The monoisotopic (exact) mass is 372 g/mol. The average molecular weight is 372 g/mol. The lowest BCUT2D eigenvalue weighted by molar-refractivity contribution is -0.154. The lowest BCUT2D eigenvalue weighted by atomic mass is 9.81. The molecule has 1 aromatic carbocycles. The number of amides is 3. The summed E-state index contributed by atoms with van der Waals surface area (Å²) in [5.74, 6) is -2.41. The van der Waals surface area contributed by atoms with Crippen molar-refractivity contribution in [2.45, 2.75) is 39.5 Å². The molecule has 1 saturated carbocycles. The van der Waals surface area contributed by atoms with Gasteiger partial charge in [-0.1, -0.05) is 18.9 Å². The number of hydrogen-bond donors (Lipinski definition) is 1. The van der Waals surface area contributed by atoms with E-state index in [-0.39, 0.29) is 23.7 Å². The van der Waals surface area contributed by atoms with Crippen LogP contribution in [0.4, 0.5) is 5.69 Å². The van der Waals surface area contributed by atoms with Crippen LogP contribution in [0.15, 0.2) is 18.2 Å². The first-order chi connectivity index (χ1) is 12.9. The van der Waals surface area contributed by atoms with Gasteiger partial charge in [0, 0.05) is 5.69 Å². The van der Waals surface area contributed by atoms with E-state index >= 15 is 0 Å². The Balaban J connectivity index is 1.49. The summed E-state index contributed by atoms with van der Waals surface area (Å²) in [6, 6.07) is 5.49. The third-order valence-corrected chi connectivity index (χ3v) is 5.37. The van der Waals surface area contributed by atoms with Gasteiger partial charge in [0.1, 0.15) is 6.54 Å². The summed E-state index contributed by atoms with van der Waals surface area (Å²) >= 11 is 0. The fourth-order valence-corrected chi connectivity index (χ4v) is 3.72. The van der Waals surface area contributed by atoms with Gasteiger partial charge < -0.3 is 10.1 Å². The average Bonchev–Trinajstić information content (AvgIpc) is 2.88. The molecule has 0 radical (unpaired) electrons. The Kier molecular flexibility index (Phi) is 5.58. The van der Waals surface area contributed by atoms with E-state index in [0.29, 0.717) is 18.5 Å². The highest BCUT2D eigenvalue weighted by Gasteiger charge is 2.48. The van der Waals surface area contributed by atoms with Crippen LogP contribution in [0.2, 0.25) is 0 Å². The van der Waals surface area contributed by atoms with E-state index in [9.17, 15) is 19.2 Å². The number of aryl methyl sites for hydroxylation is 2. The summed E-state index contributed by atoms with van der Waals surface area (Å²) in [5, 5.41) is 2.65. The predicted octanol–water partition coefficient (Wildman–Crippen LogP) is 1.96. The molecule has 1 N–H and O–H groups in total. The van der Waals surface area contributed by atoms with Crippen molar-refractivity contribution in [2.24, 2.45) is 11.8 Å². The lowest BCUT2D eigenvalue weighted by Gasteiger charge is -2.19. The van der Waals surface area contributed by atoms with Crippen LogP contribution in [0.3, 0.4) is 0 Å². The molecule has 1 aliphatic heterocycles. The molecule has 7 nitrogen and oxygen atoms in total. The van der Waals surface area contributed by atoms with E-state index in [0.717, 1.165) is 28.9 Å². The Morgan fingerprint density at radius 3 is 2.30 bits per heavy atom. The first kappa shape index (κ1) is 19.1. The maximum atomic E-state index is 12.3. The molecule has 1 aromatic rings. The maximum absolute atomic E-state index is 12.3. The van der Waals surface area contributed by atoms with Gasteiger partial charge in [0.15, 0.2) is 6.61 Å². The number of carbonyl (C=O) groups excluding carboxylic acids is 4. The number of nitrogens with one attached hydrogen (secondary N) is 1. The molecule has 2 aliphatic rings. The van der Waals surface area contributed by atoms with Crippen molar-refractivity contribution < 1.29 is 23.9 Å². The number of nitrogens with zero attached hydrogens (tertiary/aromatic N) is 1. The van der Waals surface area contributed by atoms with Gasteiger partial charge in [-0.05, 0) is 49.9 Å². The van der Waals surface area contributed by atoms with E-state index in [2.05, 4.69) is 5.32 Å². The van der Waals surface area contributed by atoms with Gasteiger partial charge in [-0.2, -0.15) is 0 Å². The van der Waals surface area contributed by atoms with Crippen molar-refractivity contribution >= 4 is 29.4 Å². The number of hydrogen-bond acceptors (Lipinski definition) is 5. The Labute approximate surface area is 158 Å². The lowest BCUT2D eigenvalue weighted by Crippen LogP contribution is -2.37. The highest BCUT2D eigenvalue weighted by Crippen LogP contribution is 2.37. The standard InChI is InChI=1S/C20H24N2O5/c1-12-7-8-14(9-13(12)2)21-17(23)11-27-18(24)10-22-19(25)15-5-3-4-6-16(15)20(22)26/h7-9,15-16H,3-6,10-11H2,1-2H3,(H,21,23). The molecular weight excluding hydrogens is 348 g/mol. The Bertz CT molecular complexity index is 765. The van der Waals surface area contributed by atoms with Crippen molar-refractivity contribution in [1.29, 1.82) is 0 Å². The molecule has 3 rings (SSSR count). The Morgan fingerprint density at radius 2 is 1.70 bits per heavy atom. The van der Waals surface area contributed by atoms with Gasteiger partial charge in [0.25, 0.3) is 5.91 Å². The van der Waals surface area contributed by atoms with Gasteiger partial charge >= 0.3 is 5.97 Å². The SMILES string of the molecule is Cc1ccc(NC(=O)COC(=O)CN2C(=O)C3CCCCC3C2=O)cc1C. The van der Waals surface area contributed by atoms with Crippen molar-refractivity contribution in [3.63, 3.8) is 0 Å². The van der Waals surface area contributed by atoms with Crippen LogP contribution in [0.1, 0.15) is 36.8 Å². The second kappa shape index (κ2) is 7.90. The topological polar surface area (TPSA) is 92.8 Å². The first-order valence-electron chi connectivity index (χ1n) is 9.25. The van der Waals surface area contributed by atoms with E-state index in [4.69, 9.17) is 4.74 Å². The summed E-state index contributed by atoms with van der Waals surface area (Å²) in [4.78, 5) is 49.6. The molecule has 2 fully saturated rings. The molecule has 7 heteroatoms. The van der Waals surface area contributed by atoms with Gasteiger partial charge in [-0.25, -0.2) is 0 Å². The molecule has 0 aromatic heterocycles. The highest BCUT2D eigenvalue weighted by atomic mass is 16.5. The van der Waals surface area contributed by atoms with Crippen LogP contribution in [-0.2, 0) is 23.9 Å². The molecule has 3 amide bonds. The smallest absolute Gasteiger partial charge is 0.326 e. The predicted molar refractivity (Wildman–Crippen MR) is 97.7 cm³/mol.